The van der Waals surface area contributed by atoms with Gasteiger partial charge in [0.2, 0.25) is 0 Å². The number of halogens is 2. The largest absolute Gasteiger partial charge is 0.449 e. The van der Waals surface area contributed by atoms with Crippen LogP contribution in [0.5, 0.6) is 5.75 Å². The zero-order chi connectivity index (χ0) is 17.5. The Morgan fingerprint density at radius 2 is 1.62 bits per heavy atom. The molecule has 0 aliphatic rings. The molecular weight excluding hydrogens is 320 g/mol. The second-order valence-corrected chi connectivity index (χ2v) is 4.81. The second-order valence-electron chi connectivity index (χ2n) is 4.81. The number of benzene rings is 2. The lowest BCUT2D eigenvalue weighted by Crippen LogP contribution is -2.29. The van der Waals surface area contributed by atoms with Crippen LogP contribution in [0.25, 0.3) is 0 Å². The Bertz CT molecular complexity index is 689. The normalized spacial score (nSPS) is 11.7. The number of hydrogen-bond acceptors (Lipinski definition) is 4. The molecule has 0 saturated carbocycles. The van der Waals surface area contributed by atoms with Crippen molar-refractivity contribution >= 4 is 17.6 Å². The average molecular weight is 335 g/mol. The summed E-state index contributed by atoms with van der Waals surface area (Å²) in [5, 5.41) is 2.61. The van der Waals surface area contributed by atoms with Crippen molar-refractivity contribution in [2.75, 3.05) is 5.32 Å². The zero-order valence-corrected chi connectivity index (χ0v) is 12.7. The van der Waals surface area contributed by atoms with Crippen molar-refractivity contribution < 1.29 is 27.8 Å². The van der Waals surface area contributed by atoms with E-state index in [1.165, 1.54) is 31.2 Å². The summed E-state index contributed by atoms with van der Waals surface area (Å²) < 4.78 is 33.4. The van der Waals surface area contributed by atoms with Crippen molar-refractivity contribution in [3.8, 4) is 5.75 Å². The molecule has 5 nitrogen and oxygen atoms in total. The molecule has 1 N–H and O–H groups in total. The molecule has 0 saturated heterocycles. The number of hydrogen-bond donors (Lipinski definition) is 1. The number of carbonyl (C=O) groups is 2. The van der Waals surface area contributed by atoms with E-state index in [0.29, 0.717) is 5.69 Å². The van der Waals surface area contributed by atoms with E-state index in [-0.39, 0.29) is 11.3 Å². The van der Waals surface area contributed by atoms with Gasteiger partial charge in [0, 0.05) is 5.69 Å². The number of amides is 1. The molecule has 0 spiro atoms. The molecule has 0 aromatic heterocycles. The number of rotatable bonds is 6. The van der Waals surface area contributed by atoms with Crippen LogP contribution in [0.3, 0.4) is 0 Å². The number of nitrogens with one attached hydrogen (secondary N) is 1. The number of para-hydroxylation sites is 1. The summed E-state index contributed by atoms with van der Waals surface area (Å²) in [6, 6.07) is 13.7. The third-order valence-corrected chi connectivity index (χ3v) is 3.01. The first-order valence-corrected chi connectivity index (χ1v) is 7.07. The molecule has 24 heavy (non-hydrogen) atoms. The first kappa shape index (κ1) is 17.4. The number of esters is 1. The minimum atomic E-state index is -2.94. The Labute approximate surface area is 137 Å². The highest BCUT2D eigenvalue weighted by atomic mass is 19.3. The number of ether oxygens (including phenoxy) is 2. The van der Waals surface area contributed by atoms with Crippen LogP contribution >= 0.6 is 0 Å². The minimum absolute atomic E-state index is 0.0728. The summed E-state index contributed by atoms with van der Waals surface area (Å²) in [6.45, 7) is -1.51. The molecule has 0 aliphatic heterocycles. The van der Waals surface area contributed by atoms with E-state index in [2.05, 4.69) is 10.1 Å². The third kappa shape index (κ3) is 5.05. The third-order valence-electron chi connectivity index (χ3n) is 3.01. The molecule has 0 radical (unpaired) electrons. The fourth-order valence-corrected chi connectivity index (χ4v) is 1.82. The number of anilines is 1. The van der Waals surface area contributed by atoms with E-state index in [4.69, 9.17) is 4.74 Å². The standard InChI is InChI=1S/C17H15F2NO4/c1-11(15(21)20-13-5-3-2-4-6-13)23-16(22)12-7-9-14(10-8-12)24-17(18)19/h2-11,17H,1H3,(H,20,21). The predicted molar refractivity (Wildman–Crippen MR) is 83.0 cm³/mol. The van der Waals surface area contributed by atoms with Crippen LogP contribution in [0.15, 0.2) is 54.6 Å². The molecule has 7 heteroatoms. The monoisotopic (exact) mass is 335 g/mol. The molecule has 1 unspecified atom stereocenters. The van der Waals surface area contributed by atoms with Crippen molar-refractivity contribution in [2.24, 2.45) is 0 Å². The van der Waals surface area contributed by atoms with Crippen molar-refractivity contribution in [1.82, 2.24) is 0 Å². The van der Waals surface area contributed by atoms with E-state index in [0.717, 1.165) is 0 Å². The lowest BCUT2D eigenvalue weighted by atomic mass is 10.2. The summed E-state index contributed by atoms with van der Waals surface area (Å²) in [7, 11) is 0. The smallest absolute Gasteiger partial charge is 0.387 e. The van der Waals surface area contributed by atoms with E-state index >= 15 is 0 Å². The van der Waals surface area contributed by atoms with Crippen molar-refractivity contribution in [2.45, 2.75) is 19.6 Å². The van der Waals surface area contributed by atoms with Gasteiger partial charge in [-0.15, -0.1) is 0 Å². The Balaban J connectivity index is 1.92. The number of alkyl halides is 2. The quantitative estimate of drug-likeness (QED) is 0.821. The van der Waals surface area contributed by atoms with Crippen LogP contribution in [-0.4, -0.2) is 24.6 Å². The molecule has 1 atom stereocenters. The highest BCUT2D eigenvalue weighted by Gasteiger charge is 2.19. The van der Waals surface area contributed by atoms with Crippen LogP contribution in [0, 0.1) is 0 Å². The Morgan fingerprint density at radius 3 is 2.21 bits per heavy atom. The van der Waals surface area contributed by atoms with Gasteiger partial charge in [0.05, 0.1) is 5.56 Å². The van der Waals surface area contributed by atoms with Gasteiger partial charge in [0.1, 0.15) is 5.75 Å². The molecule has 0 aliphatic carbocycles. The zero-order valence-electron chi connectivity index (χ0n) is 12.7. The van der Waals surface area contributed by atoms with Gasteiger partial charge >= 0.3 is 12.6 Å². The maximum absolute atomic E-state index is 12.1. The fraction of sp³-hybridized carbons (Fsp3) is 0.176. The molecule has 2 rings (SSSR count). The molecule has 0 fully saturated rings. The number of carbonyl (C=O) groups excluding carboxylic acids is 2. The molecule has 2 aromatic rings. The van der Waals surface area contributed by atoms with E-state index in [1.807, 2.05) is 0 Å². The topological polar surface area (TPSA) is 64.6 Å². The first-order chi connectivity index (χ1) is 11.5. The van der Waals surface area contributed by atoms with Crippen LogP contribution in [-0.2, 0) is 9.53 Å². The van der Waals surface area contributed by atoms with E-state index < -0.39 is 24.6 Å². The van der Waals surface area contributed by atoms with E-state index in [1.54, 1.807) is 30.3 Å². The highest BCUT2D eigenvalue weighted by Crippen LogP contribution is 2.16. The average Bonchev–Trinajstić information content (AvgIpc) is 2.55. The molecule has 1 amide bonds. The first-order valence-electron chi connectivity index (χ1n) is 7.07. The van der Waals surface area contributed by atoms with Gasteiger partial charge in [-0.2, -0.15) is 8.78 Å². The van der Waals surface area contributed by atoms with Crippen molar-refractivity contribution in [1.29, 1.82) is 0 Å². The van der Waals surface area contributed by atoms with Gasteiger partial charge in [-0.25, -0.2) is 4.79 Å². The maximum Gasteiger partial charge on any atom is 0.387 e. The minimum Gasteiger partial charge on any atom is -0.449 e. The van der Waals surface area contributed by atoms with Crippen LogP contribution < -0.4 is 10.1 Å². The summed E-state index contributed by atoms with van der Waals surface area (Å²) in [5.74, 6) is -1.29. The van der Waals surface area contributed by atoms with Crippen molar-refractivity contribution in [3.05, 3.63) is 60.2 Å². The van der Waals surface area contributed by atoms with Gasteiger partial charge in [0.25, 0.3) is 5.91 Å². The summed E-state index contributed by atoms with van der Waals surface area (Å²) >= 11 is 0. The van der Waals surface area contributed by atoms with Crippen molar-refractivity contribution in [3.63, 3.8) is 0 Å². The van der Waals surface area contributed by atoms with Gasteiger partial charge in [-0.3, -0.25) is 4.79 Å². The van der Waals surface area contributed by atoms with Crippen LogP contribution in [0.1, 0.15) is 17.3 Å². The lowest BCUT2D eigenvalue weighted by Gasteiger charge is -2.13. The summed E-state index contributed by atoms with van der Waals surface area (Å²) in [6.07, 6.45) is -1.02. The Kier molecular flexibility index (Phi) is 5.83. The fourth-order valence-electron chi connectivity index (χ4n) is 1.82. The Hall–Kier alpha value is -2.96. The summed E-state index contributed by atoms with van der Waals surface area (Å²) in [4.78, 5) is 23.9. The SMILES string of the molecule is CC(OC(=O)c1ccc(OC(F)F)cc1)C(=O)Nc1ccccc1. The van der Waals surface area contributed by atoms with Gasteiger partial charge in [0.15, 0.2) is 6.10 Å². The maximum atomic E-state index is 12.1. The van der Waals surface area contributed by atoms with Crippen LogP contribution in [0.4, 0.5) is 14.5 Å². The van der Waals surface area contributed by atoms with Gasteiger partial charge in [-0.05, 0) is 43.3 Å². The lowest BCUT2D eigenvalue weighted by molar-refractivity contribution is -0.123. The van der Waals surface area contributed by atoms with Gasteiger partial charge < -0.3 is 14.8 Å². The molecule has 0 heterocycles. The molecule has 2 aromatic carbocycles. The highest BCUT2D eigenvalue weighted by molar-refractivity contribution is 5.97. The van der Waals surface area contributed by atoms with Gasteiger partial charge in [-0.1, -0.05) is 18.2 Å². The molecule has 126 valence electrons. The van der Waals surface area contributed by atoms with E-state index in [9.17, 15) is 18.4 Å². The Morgan fingerprint density at radius 1 is 1.00 bits per heavy atom. The molecule has 0 bridgehead atoms. The predicted octanol–water partition coefficient (Wildman–Crippen LogP) is 3.47. The summed E-state index contributed by atoms with van der Waals surface area (Å²) in [5.41, 5.74) is 0.704. The van der Waals surface area contributed by atoms with Crippen LogP contribution in [0.2, 0.25) is 0 Å². The molecular formula is C17H15F2NO4. The second kappa shape index (κ2) is 8.05.